The van der Waals surface area contributed by atoms with Gasteiger partial charge < -0.3 is 10.0 Å². The molecule has 0 spiro atoms. The van der Waals surface area contributed by atoms with E-state index in [0.29, 0.717) is 0 Å². The number of nitrogens with zero attached hydrogens (tertiary/aromatic N) is 1. The van der Waals surface area contributed by atoms with Crippen LogP contribution in [0.2, 0.25) is 0 Å². The standard InChI is InChI=1S/C13H26N2O2S/c1-4-15(5-2)9-8-14-13(12(16)17)7-6-10-18-11(13)3/h11,14H,4-10H2,1-3H3,(H,16,17). The third-order valence-corrected chi connectivity index (χ3v) is 5.35. The van der Waals surface area contributed by atoms with Crippen molar-refractivity contribution >= 4 is 17.7 Å². The molecule has 106 valence electrons. The minimum absolute atomic E-state index is 0.139. The van der Waals surface area contributed by atoms with E-state index in [2.05, 4.69) is 24.1 Å². The molecule has 0 aromatic carbocycles. The van der Waals surface area contributed by atoms with Gasteiger partial charge in [-0.3, -0.25) is 10.1 Å². The maximum absolute atomic E-state index is 11.6. The number of carbonyl (C=O) groups is 1. The number of aliphatic carboxylic acids is 1. The molecule has 0 saturated carbocycles. The fraction of sp³-hybridized carbons (Fsp3) is 0.923. The molecule has 0 amide bonds. The Labute approximate surface area is 115 Å². The summed E-state index contributed by atoms with van der Waals surface area (Å²) in [5.74, 6) is 0.384. The van der Waals surface area contributed by atoms with Gasteiger partial charge in [0.15, 0.2) is 0 Å². The maximum Gasteiger partial charge on any atom is 0.325 e. The summed E-state index contributed by atoms with van der Waals surface area (Å²) in [5, 5.41) is 13.0. The van der Waals surface area contributed by atoms with E-state index in [0.717, 1.165) is 44.8 Å². The smallest absolute Gasteiger partial charge is 0.325 e. The predicted octanol–water partition coefficient (Wildman–Crippen LogP) is 1.66. The number of carboxylic acid groups (broad SMARTS) is 1. The zero-order chi connectivity index (χ0) is 13.6. The van der Waals surface area contributed by atoms with Crippen molar-refractivity contribution in [2.24, 2.45) is 0 Å². The maximum atomic E-state index is 11.6. The van der Waals surface area contributed by atoms with Crippen LogP contribution in [0, 0.1) is 0 Å². The van der Waals surface area contributed by atoms with Crippen LogP contribution in [0.25, 0.3) is 0 Å². The summed E-state index contributed by atoms with van der Waals surface area (Å²) >= 11 is 1.77. The summed E-state index contributed by atoms with van der Waals surface area (Å²) < 4.78 is 0. The molecule has 1 aliphatic rings. The molecule has 0 radical (unpaired) electrons. The van der Waals surface area contributed by atoms with Crippen molar-refractivity contribution in [3.8, 4) is 0 Å². The topological polar surface area (TPSA) is 52.6 Å². The van der Waals surface area contributed by atoms with E-state index >= 15 is 0 Å². The molecule has 1 rings (SSSR count). The first-order valence-corrected chi connectivity index (χ1v) is 7.94. The van der Waals surface area contributed by atoms with Gasteiger partial charge >= 0.3 is 5.97 Å². The van der Waals surface area contributed by atoms with Gasteiger partial charge in [-0.05, 0) is 31.7 Å². The van der Waals surface area contributed by atoms with Gasteiger partial charge in [-0.25, -0.2) is 0 Å². The van der Waals surface area contributed by atoms with E-state index < -0.39 is 11.5 Å². The summed E-state index contributed by atoms with van der Waals surface area (Å²) in [6, 6.07) is 0. The Hall–Kier alpha value is -0.260. The molecular weight excluding hydrogens is 248 g/mol. The molecule has 2 unspecified atom stereocenters. The second-order valence-electron chi connectivity index (χ2n) is 4.85. The summed E-state index contributed by atoms with van der Waals surface area (Å²) in [7, 11) is 0. The molecular formula is C13H26N2O2S. The molecule has 0 aromatic rings. The summed E-state index contributed by atoms with van der Waals surface area (Å²) in [4.78, 5) is 13.9. The number of hydrogen-bond donors (Lipinski definition) is 2. The van der Waals surface area contributed by atoms with Crippen molar-refractivity contribution < 1.29 is 9.90 Å². The third-order valence-electron chi connectivity index (χ3n) is 3.92. The van der Waals surface area contributed by atoms with Crippen molar-refractivity contribution in [2.75, 3.05) is 31.9 Å². The van der Waals surface area contributed by atoms with Gasteiger partial charge in [-0.2, -0.15) is 11.8 Å². The number of thioether (sulfide) groups is 1. The highest BCUT2D eigenvalue weighted by atomic mass is 32.2. The molecule has 18 heavy (non-hydrogen) atoms. The third kappa shape index (κ3) is 3.62. The number of nitrogens with one attached hydrogen (secondary N) is 1. The number of rotatable bonds is 7. The van der Waals surface area contributed by atoms with Gasteiger partial charge in [0.05, 0.1) is 0 Å². The zero-order valence-corrected chi connectivity index (χ0v) is 12.6. The lowest BCUT2D eigenvalue weighted by molar-refractivity contribution is -0.145. The van der Waals surface area contributed by atoms with E-state index in [1.165, 1.54) is 0 Å². The minimum Gasteiger partial charge on any atom is -0.480 e. The Morgan fingerprint density at radius 2 is 2.17 bits per heavy atom. The fourth-order valence-electron chi connectivity index (χ4n) is 2.52. The van der Waals surface area contributed by atoms with Crippen molar-refractivity contribution in [1.82, 2.24) is 10.2 Å². The minimum atomic E-state index is -0.726. The molecule has 1 heterocycles. The summed E-state index contributed by atoms with van der Waals surface area (Å²) in [6.45, 7) is 10.00. The first-order valence-electron chi connectivity index (χ1n) is 6.89. The van der Waals surface area contributed by atoms with E-state index in [-0.39, 0.29) is 5.25 Å². The monoisotopic (exact) mass is 274 g/mol. The van der Waals surface area contributed by atoms with Crippen LogP contribution in [0.5, 0.6) is 0 Å². The molecule has 5 heteroatoms. The Morgan fingerprint density at radius 1 is 1.50 bits per heavy atom. The predicted molar refractivity (Wildman–Crippen MR) is 77.3 cm³/mol. The molecule has 1 saturated heterocycles. The van der Waals surface area contributed by atoms with Gasteiger partial charge in [-0.1, -0.05) is 20.8 Å². The van der Waals surface area contributed by atoms with Gasteiger partial charge in [-0.15, -0.1) is 0 Å². The van der Waals surface area contributed by atoms with Crippen LogP contribution in [-0.4, -0.2) is 58.7 Å². The Balaban J connectivity index is 2.55. The number of carboxylic acids is 1. The van der Waals surface area contributed by atoms with E-state index in [4.69, 9.17) is 0 Å². The van der Waals surface area contributed by atoms with Crippen LogP contribution in [0.4, 0.5) is 0 Å². The highest BCUT2D eigenvalue weighted by Crippen LogP contribution is 2.34. The normalized spacial score (nSPS) is 28.6. The summed E-state index contributed by atoms with van der Waals surface area (Å²) in [5.41, 5.74) is -0.726. The second kappa shape index (κ2) is 7.36. The molecule has 1 aliphatic heterocycles. The van der Waals surface area contributed by atoms with Crippen LogP contribution in [0.1, 0.15) is 33.6 Å². The zero-order valence-electron chi connectivity index (χ0n) is 11.7. The van der Waals surface area contributed by atoms with Gasteiger partial charge in [0.25, 0.3) is 0 Å². The Morgan fingerprint density at radius 3 is 2.67 bits per heavy atom. The molecule has 2 N–H and O–H groups in total. The van der Waals surface area contributed by atoms with Gasteiger partial charge in [0.2, 0.25) is 0 Å². The largest absolute Gasteiger partial charge is 0.480 e. The molecule has 0 aromatic heterocycles. The van der Waals surface area contributed by atoms with E-state index in [1.807, 2.05) is 6.92 Å². The molecule has 4 nitrogen and oxygen atoms in total. The van der Waals surface area contributed by atoms with Crippen molar-refractivity contribution in [3.05, 3.63) is 0 Å². The molecule has 2 atom stereocenters. The fourth-order valence-corrected chi connectivity index (χ4v) is 3.77. The van der Waals surface area contributed by atoms with Crippen LogP contribution >= 0.6 is 11.8 Å². The van der Waals surface area contributed by atoms with Gasteiger partial charge in [0.1, 0.15) is 5.54 Å². The van der Waals surface area contributed by atoms with Crippen molar-refractivity contribution in [1.29, 1.82) is 0 Å². The van der Waals surface area contributed by atoms with Crippen molar-refractivity contribution in [2.45, 2.75) is 44.4 Å². The van der Waals surface area contributed by atoms with Crippen LogP contribution < -0.4 is 5.32 Å². The van der Waals surface area contributed by atoms with Crippen molar-refractivity contribution in [3.63, 3.8) is 0 Å². The van der Waals surface area contributed by atoms with Crippen LogP contribution in [0.15, 0.2) is 0 Å². The average molecular weight is 274 g/mol. The van der Waals surface area contributed by atoms with Crippen LogP contribution in [0.3, 0.4) is 0 Å². The van der Waals surface area contributed by atoms with Crippen LogP contribution in [-0.2, 0) is 4.79 Å². The summed E-state index contributed by atoms with van der Waals surface area (Å²) in [6.07, 6.45) is 1.73. The molecule has 0 bridgehead atoms. The first-order chi connectivity index (χ1) is 8.56. The average Bonchev–Trinajstić information content (AvgIpc) is 2.36. The van der Waals surface area contributed by atoms with E-state index in [1.54, 1.807) is 11.8 Å². The second-order valence-corrected chi connectivity index (χ2v) is 6.30. The highest BCUT2D eigenvalue weighted by molar-refractivity contribution is 8.00. The lowest BCUT2D eigenvalue weighted by Gasteiger charge is -2.39. The molecule has 0 aliphatic carbocycles. The number of likely N-dealkylation sites (N-methyl/N-ethyl adjacent to an activating group) is 1. The van der Waals surface area contributed by atoms with E-state index in [9.17, 15) is 9.90 Å². The Bertz CT molecular complexity index is 272. The number of hydrogen-bond acceptors (Lipinski definition) is 4. The highest BCUT2D eigenvalue weighted by Gasteiger charge is 2.45. The quantitative estimate of drug-likeness (QED) is 0.739. The lowest BCUT2D eigenvalue weighted by Crippen LogP contribution is -2.61. The Kier molecular flexibility index (Phi) is 6.46. The molecule has 1 fully saturated rings. The first kappa shape index (κ1) is 15.8. The van der Waals surface area contributed by atoms with Gasteiger partial charge in [0, 0.05) is 18.3 Å². The lowest BCUT2D eigenvalue weighted by atomic mass is 9.89. The SMILES string of the molecule is CCN(CC)CCNC1(C(=O)O)CCCSC1C.